The number of carbonyl (C=O) groups excluding carboxylic acids is 2. The highest BCUT2D eigenvalue weighted by Crippen LogP contribution is 2.48. The van der Waals surface area contributed by atoms with Crippen LogP contribution in [-0.4, -0.2) is 36.2 Å². The first kappa shape index (κ1) is 30.2. The maximum Gasteiger partial charge on any atom is 0.242 e. The number of allylic oxidation sites excluding steroid dienone is 1. The molecule has 0 aromatic heterocycles. The molecule has 1 aliphatic carbocycles. The van der Waals surface area contributed by atoms with E-state index in [0.29, 0.717) is 12.3 Å². The Hall–Kier alpha value is -3.86. The van der Waals surface area contributed by atoms with Gasteiger partial charge in [-0.1, -0.05) is 101 Å². The van der Waals surface area contributed by atoms with Crippen LogP contribution in [0.2, 0.25) is 0 Å². The zero-order valence-electron chi connectivity index (χ0n) is 27.0. The summed E-state index contributed by atoms with van der Waals surface area (Å²) in [6.07, 6.45) is 4.38. The number of amides is 1. The summed E-state index contributed by atoms with van der Waals surface area (Å²) in [6, 6.07) is 27.3. The van der Waals surface area contributed by atoms with Crippen molar-refractivity contribution in [3.8, 4) is 0 Å². The first-order valence-corrected chi connectivity index (χ1v) is 16.3. The highest BCUT2D eigenvalue weighted by atomic mass is 16.2. The summed E-state index contributed by atoms with van der Waals surface area (Å²) in [5.74, 6) is 0.886. The Balaban J connectivity index is 1.33. The lowest BCUT2D eigenvalue weighted by Crippen LogP contribution is -2.46. The topological polar surface area (TPSA) is 52.7 Å². The quantitative estimate of drug-likeness (QED) is 0.327. The van der Waals surface area contributed by atoms with Crippen LogP contribution in [0.25, 0.3) is 0 Å². The lowest BCUT2D eigenvalue weighted by Gasteiger charge is -2.39. The van der Waals surface area contributed by atoms with Crippen LogP contribution in [0.4, 0.5) is 11.4 Å². The van der Waals surface area contributed by atoms with Crippen molar-refractivity contribution < 1.29 is 9.59 Å². The molecule has 44 heavy (non-hydrogen) atoms. The van der Waals surface area contributed by atoms with Crippen molar-refractivity contribution in [3.63, 3.8) is 0 Å². The van der Waals surface area contributed by atoms with Crippen LogP contribution in [0.15, 0.2) is 90.1 Å². The van der Waals surface area contributed by atoms with Crippen LogP contribution in [0, 0.1) is 11.3 Å². The maximum absolute atomic E-state index is 14.1. The van der Waals surface area contributed by atoms with Crippen molar-refractivity contribution in [2.75, 3.05) is 29.9 Å². The van der Waals surface area contributed by atoms with E-state index >= 15 is 0 Å². The zero-order chi connectivity index (χ0) is 31.1. The molecule has 2 heterocycles. The van der Waals surface area contributed by atoms with Crippen molar-refractivity contribution in [3.05, 3.63) is 107 Å². The monoisotopic (exact) mass is 589 g/mol. The number of nitrogens with zero attached hydrogens (tertiary/aromatic N) is 2. The van der Waals surface area contributed by atoms with Crippen molar-refractivity contribution in [1.82, 2.24) is 4.90 Å². The number of carbonyl (C=O) groups is 2. The summed E-state index contributed by atoms with van der Waals surface area (Å²) < 4.78 is 0. The fraction of sp³-hybridized carbons (Fsp3) is 0.436. The Kier molecular flexibility index (Phi) is 8.17. The molecule has 0 bridgehead atoms. The van der Waals surface area contributed by atoms with Gasteiger partial charge in [0.05, 0.1) is 24.0 Å². The van der Waals surface area contributed by atoms with Crippen molar-refractivity contribution >= 4 is 23.1 Å². The highest BCUT2D eigenvalue weighted by Gasteiger charge is 2.42. The summed E-state index contributed by atoms with van der Waals surface area (Å²) in [4.78, 5) is 32.4. The molecule has 0 radical (unpaired) electrons. The van der Waals surface area contributed by atoms with Crippen molar-refractivity contribution in [2.24, 2.45) is 11.3 Å². The minimum absolute atomic E-state index is 0.0214. The van der Waals surface area contributed by atoms with Crippen LogP contribution in [-0.2, 0) is 21.4 Å². The van der Waals surface area contributed by atoms with Crippen LogP contribution in [0.1, 0.15) is 83.0 Å². The van der Waals surface area contributed by atoms with E-state index in [1.807, 2.05) is 17.0 Å². The third-order valence-corrected chi connectivity index (χ3v) is 9.74. The number of piperidine rings is 1. The summed E-state index contributed by atoms with van der Waals surface area (Å²) in [5, 5.41) is 3.69. The minimum atomic E-state index is -0.349. The molecule has 6 rings (SSSR count). The Bertz CT molecular complexity index is 1540. The molecule has 5 heteroatoms. The summed E-state index contributed by atoms with van der Waals surface area (Å²) >= 11 is 0. The van der Waals surface area contributed by atoms with E-state index in [2.05, 4.69) is 112 Å². The van der Waals surface area contributed by atoms with Gasteiger partial charge in [-0.3, -0.25) is 9.59 Å². The lowest BCUT2D eigenvalue weighted by atomic mass is 9.73. The van der Waals surface area contributed by atoms with Crippen LogP contribution < -0.4 is 10.2 Å². The zero-order valence-corrected chi connectivity index (χ0v) is 27.0. The molecule has 1 unspecified atom stereocenters. The molecular formula is C39H47N3O2. The number of hydrogen-bond acceptors (Lipinski definition) is 4. The molecule has 5 nitrogen and oxygen atoms in total. The molecule has 1 amide bonds. The summed E-state index contributed by atoms with van der Waals surface area (Å²) in [5.41, 5.74) is 7.26. The van der Waals surface area contributed by atoms with Gasteiger partial charge in [0.15, 0.2) is 5.78 Å². The fourth-order valence-electron chi connectivity index (χ4n) is 7.32. The summed E-state index contributed by atoms with van der Waals surface area (Å²) in [7, 11) is 0. The van der Waals surface area contributed by atoms with E-state index in [0.717, 1.165) is 67.0 Å². The van der Waals surface area contributed by atoms with Crippen molar-refractivity contribution in [1.29, 1.82) is 0 Å². The molecular weight excluding hydrogens is 542 g/mol. The predicted molar refractivity (Wildman–Crippen MR) is 180 cm³/mol. The van der Waals surface area contributed by atoms with E-state index in [1.165, 1.54) is 11.1 Å². The normalized spacial score (nSPS) is 20.5. The highest BCUT2D eigenvalue weighted by molar-refractivity contribution is 6.02. The Labute approximate surface area is 263 Å². The number of fused-ring (bicyclic) bond motifs is 1. The third-order valence-electron chi connectivity index (χ3n) is 9.74. The standard InChI is InChI=1S/C39H47N3O2/c1-38(2,3)30-17-15-29(16-18-30)37-36-32(24-39(4,5)25-34(36)43)40-31-13-9-10-14-33(31)42(37)26-35(44)41-21-19-28(20-22-41)23-27-11-7-6-8-12-27/h6-18,28,37,40H,19-26H2,1-5H3. The molecule has 1 N–H and O–H groups in total. The number of nitrogens with one attached hydrogen (secondary N) is 1. The molecule has 3 aliphatic rings. The SMILES string of the molecule is CC1(C)CC(=O)C2=C(C1)Nc1ccccc1N(CC(=O)N1CCC(Cc3ccccc3)CC1)C2c1ccc(C(C)(C)C)cc1. The van der Waals surface area contributed by atoms with Gasteiger partial charge in [0.1, 0.15) is 0 Å². The maximum atomic E-state index is 14.1. The second kappa shape index (κ2) is 11.9. The van der Waals surface area contributed by atoms with Crippen LogP contribution in [0.5, 0.6) is 0 Å². The van der Waals surface area contributed by atoms with Gasteiger partial charge >= 0.3 is 0 Å². The van der Waals surface area contributed by atoms with Gasteiger partial charge in [0, 0.05) is 30.8 Å². The number of Topliss-reactive ketones (excluding diaryl/α,β-unsaturated/α-hetero) is 1. The number of likely N-dealkylation sites (tertiary alicyclic amines) is 1. The molecule has 1 saturated heterocycles. The molecule has 2 aliphatic heterocycles. The second-order valence-corrected chi connectivity index (χ2v) is 14.9. The summed E-state index contributed by atoms with van der Waals surface area (Å²) in [6.45, 7) is 12.8. The predicted octanol–water partition coefficient (Wildman–Crippen LogP) is 8.08. The number of rotatable bonds is 5. The Morgan fingerprint density at radius 3 is 2.23 bits per heavy atom. The molecule has 0 saturated carbocycles. The van der Waals surface area contributed by atoms with Gasteiger partial charge in [-0.15, -0.1) is 0 Å². The molecule has 3 aromatic rings. The molecule has 230 valence electrons. The van der Waals surface area contributed by atoms with Gasteiger partial charge in [0.2, 0.25) is 5.91 Å². The fourth-order valence-corrected chi connectivity index (χ4v) is 7.32. The Morgan fingerprint density at radius 2 is 1.55 bits per heavy atom. The first-order valence-electron chi connectivity index (χ1n) is 16.3. The van der Waals surface area contributed by atoms with E-state index in [-0.39, 0.29) is 35.1 Å². The second-order valence-electron chi connectivity index (χ2n) is 14.9. The average Bonchev–Trinajstić information content (AvgIpc) is 3.11. The number of para-hydroxylation sites is 2. The van der Waals surface area contributed by atoms with Gasteiger partial charge in [-0.25, -0.2) is 0 Å². The number of ketones is 1. The van der Waals surface area contributed by atoms with Crippen LogP contribution >= 0.6 is 0 Å². The molecule has 1 atom stereocenters. The Morgan fingerprint density at radius 1 is 0.886 bits per heavy atom. The van der Waals surface area contributed by atoms with Gasteiger partial charge < -0.3 is 15.1 Å². The first-order chi connectivity index (χ1) is 21.0. The number of anilines is 2. The largest absolute Gasteiger partial charge is 0.357 e. The minimum Gasteiger partial charge on any atom is -0.357 e. The van der Waals surface area contributed by atoms with Gasteiger partial charge in [0.25, 0.3) is 0 Å². The van der Waals surface area contributed by atoms with Crippen LogP contribution in [0.3, 0.4) is 0 Å². The van der Waals surface area contributed by atoms with Gasteiger partial charge in [-0.05, 0) is 71.3 Å². The number of hydrogen-bond donors (Lipinski definition) is 1. The van der Waals surface area contributed by atoms with E-state index in [4.69, 9.17) is 0 Å². The lowest BCUT2D eigenvalue weighted by molar-refractivity contribution is -0.131. The number of benzene rings is 3. The average molecular weight is 590 g/mol. The molecule has 3 aromatic carbocycles. The van der Waals surface area contributed by atoms with Crippen molar-refractivity contribution in [2.45, 2.75) is 78.2 Å². The van der Waals surface area contributed by atoms with Gasteiger partial charge in [-0.2, -0.15) is 0 Å². The molecule has 1 fully saturated rings. The third kappa shape index (κ3) is 6.33. The smallest absolute Gasteiger partial charge is 0.242 e. The van der Waals surface area contributed by atoms with E-state index in [1.54, 1.807) is 0 Å². The molecule has 0 spiro atoms. The van der Waals surface area contributed by atoms with E-state index in [9.17, 15) is 9.59 Å². The van der Waals surface area contributed by atoms with E-state index < -0.39 is 0 Å².